The zero-order valence-electron chi connectivity index (χ0n) is 12.8. The summed E-state index contributed by atoms with van der Waals surface area (Å²) in [5.74, 6) is 2.46. The fourth-order valence-electron chi connectivity index (χ4n) is 3.17. The molecule has 3 heterocycles. The second kappa shape index (κ2) is 6.43. The van der Waals surface area contributed by atoms with Gasteiger partial charge in [0.05, 0.1) is 5.52 Å². The van der Waals surface area contributed by atoms with E-state index in [0.29, 0.717) is 5.82 Å². The van der Waals surface area contributed by atoms with E-state index in [1.165, 1.54) is 31.5 Å². The van der Waals surface area contributed by atoms with Gasteiger partial charge in [-0.1, -0.05) is 13.3 Å². The highest BCUT2D eigenvalue weighted by atomic mass is 15.1. The van der Waals surface area contributed by atoms with E-state index in [4.69, 9.17) is 10.7 Å². The Bertz CT molecular complexity index is 598. The van der Waals surface area contributed by atoms with E-state index >= 15 is 0 Å². The van der Waals surface area contributed by atoms with Crippen LogP contribution in [-0.4, -0.2) is 27.6 Å². The third-order valence-electron chi connectivity index (χ3n) is 4.43. The Balaban J connectivity index is 1.94. The van der Waals surface area contributed by atoms with Gasteiger partial charge in [0.2, 0.25) is 0 Å². The topological polar surface area (TPSA) is 68.8 Å². The van der Waals surface area contributed by atoms with Crippen molar-refractivity contribution >= 4 is 16.9 Å². The van der Waals surface area contributed by atoms with Gasteiger partial charge in [-0.15, -0.1) is 0 Å². The average molecular weight is 287 g/mol. The highest BCUT2D eigenvalue weighted by Crippen LogP contribution is 2.24. The lowest BCUT2D eigenvalue weighted by atomic mass is 9.98. The lowest BCUT2D eigenvalue weighted by Crippen LogP contribution is -2.30. The van der Waals surface area contributed by atoms with Crippen molar-refractivity contribution in [2.45, 2.75) is 45.6 Å². The number of nitrogens with zero attached hydrogens (tertiary/aromatic N) is 3. The molecule has 0 bridgehead atoms. The summed E-state index contributed by atoms with van der Waals surface area (Å²) >= 11 is 0. The Morgan fingerprint density at radius 1 is 1.38 bits per heavy atom. The Labute approximate surface area is 126 Å². The smallest absolute Gasteiger partial charge is 0.151 e. The fraction of sp³-hybridized carbons (Fsp3) is 0.625. The summed E-state index contributed by atoms with van der Waals surface area (Å²) in [6.45, 7) is 5.53. The van der Waals surface area contributed by atoms with E-state index in [-0.39, 0.29) is 0 Å². The van der Waals surface area contributed by atoms with E-state index < -0.39 is 0 Å². The van der Waals surface area contributed by atoms with Crippen LogP contribution in [0.25, 0.3) is 11.0 Å². The zero-order valence-corrected chi connectivity index (χ0v) is 12.8. The van der Waals surface area contributed by atoms with Crippen LogP contribution >= 0.6 is 0 Å². The molecule has 0 atom stereocenters. The van der Waals surface area contributed by atoms with E-state index in [2.05, 4.69) is 27.9 Å². The first-order valence-electron chi connectivity index (χ1n) is 8.10. The van der Waals surface area contributed by atoms with Crippen LogP contribution in [0, 0.1) is 5.92 Å². The molecule has 3 N–H and O–H groups in total. The largest absolute Gasteiger partial charge is 0.382 e. The summed E-state index contributed by atoms with van der Waals surface area (Å²) in [6, 6.07) is 2.05. The van der Waals surface area contributed by atoms with Crippen molar-refractivity contribution in [3.63, 3.8) is 0 Å². The minimum atomic E-state index is 0.550. The van der Waals surface area contributed by atoms with Gasteiger partial charge in [0.15, 0.2) is 5.82 Å². The third-order valence-corrected chi connectivity index (χ3v) is 4.43. The van der Waals surface area contributed by atoms with Crippen LogP contribution in [0.15, 0.2) is 12.3 Å². The van der Waals surface area contributed by atoms with E-state index in [1.54, 1.807) is 6.20 Å². The van der Waals surface area contributed by atoms with E-state index in [1.807, 2.05) is 0 Å². The number of hydrogen-bond acceptors (Lipinski definition) is 4. The number of fused-ring (bicyclic) bond motifs is 1. The van der Waals surface area contributed by atoms with Gasteiger partial charge < -0.3 is 15.6 Å². The molecule has 0 radical (unpaired) electrons. The lowest BCUT2D eigenvalue weighted by Gasteiger charge is -2.24. The van der Waals surface area contributed by atoms with Crippen molar-refractivity contribution in [2.75, 3.05) is 18.8 Å². The number of piperidine rings is 1. The molecule has 0 saturated carbocycles. The molecule has 1 aliphatic rings. The minimum Gasteiger partial charge on any atom is -0.382 e. The first-order valence-corrected chi connectivity index (χ1v) is 8.10. The van der Waals surface area contributed by atoms with E-state index in [0.717, 1.165) is 43.0 Å². The molecule has 0 aromatic carbocycles. The number of anilines is 1. The second-order valence-electron chi connectivity index (χ2n) is 6.00. The fourth-order valence-corrected chi connectivity index (χ4v) is 3.17. The van der Waals surface area contributed by atoms with Crippen molar-refractivity contribution in [3.05, 3.63) is 18.1 Å². The molecule has 1 aliphatic heterocycles. The van der Waals surface area contributed by atoms with Crippen molar-refractivity contribution in [3.8, 4) is 0 Å². The van der Waals surface area contributed by atoms with Crippen molar-refractivity contribution in [1.29, 1.82) is 0 Å². The molecule has 0 unspecified atom stereocenters. The first-order chi connectivity index (χ1) is 10.3. The van der Waals surface area contributed by atoms with Gasteiger partial charge in [-0.2, -0.15) is 0 Å². The van der Waals surface area contributed by atoms with Gasteiger partial charge in [-0.25, -0.2) is 9.97 Å². The standard InChI is InChI=1S/C16H25N5/c1-2-3-4-14-20-15-13(7-10-19-16(15)17)21(14)11-12-5-8-18-9-6-12/h7,10,12,18H,2-6,8-9,11H2,1H3,(H2,17,19). The van der Waals surface area contributed by atoms with Crippen LogP contribution in [0.4, 0.5) is 5.82 Å². The molecule has 2 aromatic heterocycles. The van der Waals surface area contributed by atoms with Crippen LogP contribution in [-0.2, 0) is 13.0 Å². The molecule has 1 fully saturated rings. The Morgan fingerprint density at radius 2 is 2.19 bits per heavy atom. The van der Waals surface area contributed by atoms with Gasteiger partial charge in [0, 0.05) is 19.2 Å². The first kappa shape index (κ1) is 14.3. The van der Waals surface area contributed by atoms with Crippen LogP contribution in [0.2, 0.25) is 0 Å². The number of rotatable bonds is 5. The molecular weight excluding hydrogens is 262 g/mol. The molecule has 3 rings (SSSR count). The van der Waals surface area contributed by atoms with Crippen molar-refractivity contribution in [1.82, 2.24) is 19.9 Å². The average Bonchev–Trinajstić information content (AvgIpc) is 2.86. The second-order valence-corrected chi connectivity index (χ2v) is 6.00. The molecular formula is C16H25N5. The predicted molar refractivity (Wildman–Crippen MR) is 86.1 cm³/mol. The number of unbranched alkanes of at least 4 members (excludes halogenated alkanes) is 1. The lowest BCUT2D eigenvalue weighted by molar-refractivity contribution is 0.332. The molecule has 2 aromatic rings. The summed E-state index contributed by atoms with van der Waals surface area (Å²) in [4.78, 5) is 8.96. The Kier molecular flexibility index (Phi) is 4.39. The monoisotopic (exact) mass is 287 g/mol. The van der Waals surface area contributed by atoms with E-state index in [9.17, 15) is 0 Å². The molecule has 0 spiro atoms. The molecule has 5 nitrogen and oxygen atoms in total. The summed E-state index contributed by atoms with van der Waals surface area (Å²) < 4.78 is 2.39. The SMILES string of the molecule is CCCCc1nc2c(N)nccc2n1CC1CCNCC1. The van der Waals surface area contributed by atoms with Crippen LogP contribution in [0.5, 0.6) is 0 Å². The summed E-state index contributed by atoms with van der Waals surface area (Å²) in [5, 5.41) is 3.43. The molecule has 5 heteroatoms. The maximum absolute atomic E-state index is 6.00. The maximum Gasteiger partial charge on any atom is 0.151 e. The van der Waals surface area contributed by atoms with Gasteiger partial charge in [0.1, 0.15) is 11.3 Å². The molecule has 0 amide bonds. The van der Waals surface area contributed by atoms with Gasteiger partial charge >= 0.3 is 0 Å². The summed E-state index contributed by atoms with van der Waals surface area (Å²) in [7, 11) is 0. The number of aryl methyl sites for hydroxylation is 1. The number of aromatic nitrogens is 3. The highest BCUT2D eigenvalue weighted by molar-refractivity contribution is 5.85. The predicted octanol–water partition coefficient (Wildman–Crippen LogP) is 2.36. The summed E-state index contributed by atoms with van der Waals surface area (Å²) in [6.07, 6.45) is 7.66. The Hall–Kier alpha value is -1.62. The normalized spacial score (nSPS) is 16.6. The minimum absolute atomic E-state index is 0.550. The van der Waals surface area contributed by atoms with Crippen LogP contribution in [0.1, 0.15) is 38.4 Å². The molecule has 0 aliphatic carbocycles. The molecule has 21 heavy (non-hydrogen) atoms. The molecule has 1 saturated heterocycles. The third kappa shape index (κ3) is 3.02. The Morgan fingerprint density at radius 3 is 2.95 bits per heavy atom. The zero-order chi connectivity index (χ0) is 14.7. The number of nitrogens with two attached hydrogens (primary N) is 1. The van der Waals surface area contributed by atoms with Crippen molar-refractivity contribution < 1.29 is 0 Å². The van der Waals surface area contributed by atoms with Gasteiger partial charge in [-0.05, 0) is 44.3 Å². The number of nitrogens with one attached hydrogen (secondary N) is 1. The molecule has 114 valence electrons. The van der Waals surface area contributed by atoms with Gasteiger partial charge in [-0.3, -0.25) is 0 Å². The van der Waals surface area contributed by atoms with Gasteiger partial charge in [0.25, 0.3) is 0 Å². The number of imidazole rings is 1. The van der Waals surface area contributed by atoms with Crippen LogP contribution in [0.3, 0.4) is 0 Å². The number of hydrogen-bond donors (Lipinski definition) is 2. The van der Waals surface area contributed by atoms with Crippen LogP contribution < -0.4 is 11.1 Å². The number of nitrogen functional groups attached to an aromatic ring is 1. The van der Waals surface area contributed by atoms with Crippen molar-refractivity contribution in [2.24, 2.45) is 5.92 Å². The maximum atomic E-state index is 6.00. The summed E-state index contributed by atoms with van der Waals surface area (Å²) in [5.41, 5.74) is 8.02. The quantitative estimate of drug-likeness (QED) is 0.885. The highest BCUT2D eigenvalue weighted by Gasteiger charge is 2.18. The number of pyridine rings is 1.